The fourth-order valence-corrected chi connectivity index (χ4v) is 2.45. The van der Waals surface area contributed by atoms with Crippen LogP contribution in [0.3, 0.4) is 0 Å². The molecule has 1 aliphatic heterocycles. The molecule has 5 nitrogen and oxygen atoms in total. The number of para-hydroxylation sites is 1. The molecule has 2 rings (SSSR count). The van der Waals surface area contributed by atoms with Gasteiger partial charge < -0.3 is 9.64 Å². The quantitative estimate of drug-likeness (QED) is 0.823. The van der Waals surface area contributed by atoms with E-state index in [2.05, 4.69) is 17.9 Å². The smallest absolute Gasteiger partial charge is 0.260 e. The summed E-state index contributed by atoms with van der Waals surface area (Å²) in [7, 11) is 0. The molecule has 5 heteroatoms. The molecule has 1 fully saturated rings. The van der Waals surface area contributed by atoms with Crippen molar-refractivity contribution in [1.82, 2.24) is 9.80 Å². The Bertz CT molecular complexity index is 516. The molecule has 1 amide bonds. The van der Waals surface area contributed by atoms with E-state index in [9.17, 15) is 4.79 Å². The summed E-state index contributed by atoms with van der Waals surface area (Å²) >= 11 is 0. The van der Waals surface area contributed by atoms with Crippen LogP contribution in [0, 0.1) is 11.3 Å². The van der Waals surface area contributed by atoms with Gasteiger partial charge >= 0.3 is 0 Å². The van der Waals surface area contributed by atoms with E-state index in [1.54, 1.807) is 24.3 Å². The van der Waals surface area contributed by atoms with E-state index in [1.807, 2.05) is 4.90 Å². The van der Waals surface area contributed by atoms with Gasteiger partial charge in [-0.05, 0) is 25.1 Å². The average molecular weight is 287 g/mol. The molecule has 21 heavy (non-hydrogen) atoms. The third-order valence-electron chi connectivity index (χ3n) is 3.62. The van der Waals surface area contributed by atoms with Crippen molar-refractivity contribution in [1.29, 1.82) is 5.26 Å². The maximum absolute atomic E-state index is 12.1. The first-order chi connectivity index (χ1) is 10.2. The highest BCUT2D eigenvalue weighted by molar-refractivity contribution is 5.78. The number of benzene rings is 1. The number of hydrogen-bond donors (Lipinski definition) is 0. The van der Waals surface area contributed by atoms with Gasteiger partial charge in [0.15, 0.2) is 6.61 Å². The van der Waals surface area contributed by atoms with Crippen LogP contribution < -0.4 is 4.74 Å². The Balaban J connectivity index is 1.82. The van der Waals surface area contributed by atoms with Gasteiger partial charge in [0.2, 0.25) is 0 Å². The monoisotopic (exact) mass is 287 g/mol. The fraction of sp³-hybridized carbons (Fsp3) is 0.500. The molecule has 0 bridgehead atoms. The first-order valence-electron chi connectivity index (χ1n) is 7.36. The summed E-state index contributed by atoms with van der Waals surface area (Å²) in [5, 5.41) is 8.98. The molecule has 1 aromatic rings. The summed E-state index contributed by atoms with van der Waals surface area (Å²) in [6.45, 7) is 6.60. The van der Waals surface area contributed by atoms with E-state index < -0.39 is 0 Å². The molecule has 112 valence electrons. The third kappa shape index (κ3) is 4.20. The molecule has 0 radical (unpaired) electrons. The van der Waals surface area contributed by atoms with Crippen molar-refractivity contribution in [2.24, 2.45) is 0 Å². The van der Waals surface area contributed by atoms with Crippen molar-refractivity contribution in [3.8, 4) is 11.8 Å². The van der Waals surface area contributed by atoms with Gasteiger partial charge in [0.25, 0.3) is 5.91 Å². The van der Waals surface area contributed by atoms with Gasteiger partial charge in [-0.2, -0.15) is 5.26 Å². The predicted octanol–water partition coefficient (Wildman–Crippen LogP) is 1.49. The second-order valence-corrected chi connectivity index (χ2v) is 5.12. The molecular formula is C16H21N3O2. The maximum Gasteiger partial charge on any atom is 0.260 e. The molecule has 0 spiro atoms. The predicted molar refractivity (Wildman–Crippen MR) is 80.0 cm³/mol. The van der Waals surface area contributed by atoms with Crippen LogP contribution in [0.15, 0.2) is 24.3 Å². The van der Waals surface area contributed by atoms with Crippen molar-refractivity contribution in [3.63, 3.8) is 0 Å². The molecule has 1 saturated heterocycles. The minimum absolute atomic E-state index is 0.00747. The molecule has 1 aromatic carbocycles. The summed E-state index contributed by atoms with van der Waals surface area (Å²) in [5.41, 5.74) is 0.457. The number of rotatable bonds is 5. The first-order valence-corrected chi connectivity index (χ1v) is 7.36. The largest absolute Gasteiger partial charge is 0.482 e. The van der Waals surface area contributed by atoms with Gasteiger partial charge in [0.1, 0.15) is 11.8 Å². The minimum atomic E-state index is -0.0149. The second kappa shape index (κ2) is 7.65. The molecule has 0 saturated carbocycles. The Morgan fingerprint density at radius 2 is 2.00 bits per heavy atom. The zero-order valence-electron chi connectivity index (χ0n) is 12.4. The number of nitrogens with zero attached hydrogens (tertiary/aromatic N) is 3. The van der Waals surface area contributed by atoms with E-state index in [4.69, 9.17) is 10.00 Å². The molecule has 1 heterocycles. The second-order valence-electron chi connectivity index (χ2n) is 5.12. The van der Waals surface area contributed by atoms with Gasteiger partial charge in [-0.15, -0.1) is 0 Å². The van der Waals surface area contributed by atoms with Gasteiger partial charge in [0, 0.05) is 26.2 Å². The zero-order valence-corrected chi connectivity index (χ0v) is 12.4. The molecule has 0 unspecified atom stereocenters. The van der Waals surface area contributed by atoms with Crippen molar-refractivity contribution in [3.05, 3.63) is 29.8 Å². The van der Waals surface area contributed by atoms with E-state index >= 15 is 0 Å². The van der Waals surface area contributed by atoms with Crippen molar-refractivity contribution in [2.75, 3.05) is 39.3 Å². The number of carbonyl (C=O) groups is 1. The van der Waals surface area contributed by atoms with Gasteiger partial charge in [-0.25, -0.2) is 0 Å². The summed E-state index contributed by atoms with van der Waals surface area (Å²) in [4.78, 5) is 16.3. The SMILES string of the molecule is CCCN1CCN(C(=O)COc2ccccc2C#N)CC1. The number of hydrogen-bond acceptors (Lipinski definition) is 4. The summed E-state index contributed by atoms with van der Waals surface area (Å²) in [6, 6.07) is 9.03. The molecular weight excluding hydrogens is 266 g/mol. The van der Waals surface area contributed by atoms with Gasteiger partial charge in [-0.3, -0.25) is 9.69 Å². The lowest BCUT2D eigenvalue weighted by molar-refractivity contribution is -0.135. The van der Waals surface area contributed by atoms with Crippen LogP contribution in [0.1, 0.15) is 18.9 Å². The Labute approximate surface area is 125 Å². The Morgan fingerprint density at radius 1 is 1.29 bits per heavy atom. The van der Waals surface area contributed by atoms with E-state index in [0.717, 1.165) is 39.1 Å². The highest BCUT2D eigenvalue weighted by atomic mass is 16.5. The average Bonchev–Trinajstić information content (AvgIpc) is 2.54. The standard InChI is InChI=1S/C16H21N3O2/c1-2-7-18-8-10-19(11-9-18)16(20)13-21-15-6-4-3-5-14(15)12-17/h3-6H,2,7-11,13H2,1H3. The van der Waals surface area contributed by atoms with E-state index in [1.165, 1.54) is 0 Å². The van der Waals surface area contributed by atoms with Crippen LogP contribution in [0.25, 0.3) is 0 Å². The number of carbonyl (C=O) groups excluding carboxylic acids is 1. The fourth-order valence-electron chi connectivity index (χ4n) is 2.45. The molecule has 0 aliphatic carbocycles. The van der Waals surface area contributed by atoms with Crippen LogP contribution in [-0.2, 0) is 4.79 Å². The zero-order chi connectivity index (χ0) is 15.1. The van der Waals surface area contributed by atoms with E-state index in [-0.39, 0.29) is 12.5 Å². The Kier molecular flexibility index (Phi) is 5.59. The van der Waals surface area contributed by atoms with Crippen LogP contribution in [0.4, 0.5) is 0 Å². The Hall–Kier alpha value is -2.06. The van der Waals surface area contributed by atoms with Crippen LogP contribution in [0.2, 0.25) is 0 Å². The lowest BCUT2D eigenvalue weighted by Crippen LogP contribution is -2.50. The van der Waals surface area contributed by atoms with Crippen molar-refractivity contribution < 1.29 is 9.53 Å². The first kappa shape index (κ1) is 15.3. The number of piperazine rings is 1. The molecule has 0 aromatic heterocycles. The van der Waals surface area contributed by atoms with Crippen molar-refractivity contribution in [2.45, 2.75) is 13.3 Å². The third-order valence-corrected chi connectivity index (χ3v) is 3.62. The van der Waals surface area contributed by atoms with Crippen LogP contribution in [-0.4, -0.2) is 55.0 Å². The minimum Gasteiger partial charge on any atom is -0.482 e. The lowest BCUT2D eigenvalue weighted by atomic mass is 10.2. The topological polar surface area (TPSA) is 56.6 Å². The summed E-state index contributed by atoms with van der Waals surface area (Å²) < 4.78 is 5.49. The number of nitriles is 1. The highest BCUT2D eigenvalue weighted by Gasteiger charge is 2.20. The maximum atomic E-state index is 12.1. The normalized spacial score (nSPS) is 15.5. The highest BCUT2D eigenvalue weighted by Crippen LogP contribution is 2.16. The Morgan fingerprint density at radius 3 is 2.67 bits per heavy atom. The van der Waals surface area contributed by atoms with E-state index in [0.29, 0.717) is 11.3 Å². The van der Waals surface area contributed by atoms with Crippen LogP contribution in [0.5, 0.6) is 5.75 Å². The molecule has 0 N–H and O–H groups in total. The number of amides is 1. The molecule has 0 atom stereocenters. The van der Waals surface area contributed by atoms with Crippen LogP contribution >= 0.6 is 0 Å². The molecule has 1 aliphatic rings. The summed E-state index contributed by atoms with van der Waals surface area (Å²) in [6.07, 6.45) is 1.14. The number of ether oxygens (including phenoxy) is 1. The van der Waals surface area contributed by atoms with Gasteiger partial charge in [0.05, 0.1) is 5.56 Å². The summed E-state index contributed by atoms with van der Waals surface area (Å²) in [5.74, 6) is 0.455. The van der Waals surface area contributed by atoms with Crippen molar-refractivity contribution >= 4 is 5.91 Å². The lowest BCUT2D eigenvalue weighted by Gasteiger charge is -2.34. The van der Waals surface area contributed by atoms with Gasteiger partial charge in [-0.1, -0.05) is 19.1 Å².